The molecule has 3 rings (SSSR count). The van der Waals surface area contributed by atoms with Crippen molar-refractivity contribution in [3.8, 4) is 17.2 Å². The molecule has 1 aliphatic rings. The van der Waals surface area contributed by atoms with Crippen molar-refractivity contribution in [1.29, 1.82) is 0 Å². The second-order valence-corrected chi connectivity index (χ2v) is 6.61. The van der Waals surface area contributed by atoms with Crippen molar-refractivity contribution < 1.29 is 22.6 Å². The second-order valence-electron chi connectivity index (χ2n) is 5.39. The van der Waals surface area contributed by atoms with E-state index in [1.54, 1.807) is 18.2 Å². The number of fused-ring (bicyclic) bond motifs is 1. The molecule has 0 bridgehead atoms. The zero-order valence-corrected chi connectivity index (χ0v) is 14.9. The van der Waals surface area contributed by atoms with Crippen LogP contribution < -0.4 is 9.47 Å². The molecule has 0 spiro atoms. The highest BCUT2D eigenvalue weighted by Crippen LogP contribution is 2.47. The number of ether oxygens (including phenoxy) is 2. The fourth-order valence-electron chi connectivity index (χ4n) is 2.30. The van der Waals surface area contributed by atoms with Gasteiger partial charge in [0.25, 0.3) is 0 Å². The van der Waals surface area contributed by atoms with Crippen LogP contribution in [0.5, 0.6) is 17.2 Å². The largest absolute Gasteiger partial charge is 0.474 e. The van der Waals surface area contributed by atoms with Gasteiger partial charge in [0, 0.05) is 0 Å². The first-order valence-electron chi connectivity index (χ1n) is 7.04. The second kappa shape index (κ2) is 6.63. The smallest absolute Gasteiger partial charge is 0.429 e. The molecule has 0 amide bonds. The van der Waals surface area contributed by atoms with Gasteiger partial charge in [-0.25, -0.2) is 0 Å². The van der Waals surface area contributed by atoms with E-state index < -0.39 is 12.3 Å². The molecule has 25 heavy (non-hydrogen) atoms. The van der Waals surface area contributed by atoms with Gasteiger partial charge in [0.15, 0.2) is 5.75 Å². The van der Waals surface area contributed by atoms with Crippen LogP contribution in [0.15, 0.2) is 30.3 Å². The predicted molar refractivity (Wildman–Crippen MR) is 92.2 cm³/mol. The lowest BCUT2D eigenvalue weighted by molar-refractivity contribution is -0.180. The molecular weight excluding hydrogens is 400 g/mol. The third-order valence-corrected chi connectivity index (χ3v) is 4.34. The first-order chi connectivity index (χ1) is 11.7. The van der Waals surface area contributed by atoms with Gasteiger partial charge in [-0.2, -0.15) is 13.2 Å². The average Bonchev–Trinajstić information content (AvgIpc) is 2.52. The fourth-order valence-corrected chi connectivity index (χ4v) is 3.14. The summed E-state index contributed by atoms with van der Waals surface area (Å²) in [5.41, 5.74) is 1.15. The van der Waals surface area contributed by atoms with Crippen molar-refractivity contribution in [1.82, 2.24) is 0 Å². The van der Waals surface area contributed by atoms with E-state index in [1.165, 1.54) is 12.1 Å². The summed E-state index contributed by atoms with van der Waals surface area (Å²) < 4.78 is 49.4. The molecule has 0 aromatic heterocycles. The Morgan fingerprint density at radius 3 is 2.40 bits per heavy atom. The Kier molecular flexibility index (Phi) is 4.84. The molecule has 132 valence electrons. The lowest BCUT2D eigenvalue weighted by atomic mass is 10.1. The van der Waals surface area contributed by atoms with Crippen LogP contribution in [-0.2, 0) is 0 Å². The van der Waals surface area contributed by atoms with Crippen molar-refractivity contribution in [2.45, 2.75) is 19.2 Å². The van der Waals surface area contributed by atoms with E-state index in [1.807, 2.05) is 6.92 Å². The van der Waals surface area contributed by atoms with Crippen molar-refractivity contribution in [2.24, 2.45) is 0 Å². The van der Waals surface area contributed by atoms with Crippen LogP contribution in [0, 0.1) is 6.92 Å². The number of hydrogen-bond acceptors (Lipinski definition) is 2. The van der Waals surface area contributed by atoms with Crippen LogP contribution in [0.4, 0.5) is 13.2 Å². The molecule has 8 heteroatoms. The molecule has 0 aliphatic carbocycles. The van der Waals surface area contributed by atoms with Gasteiger partial charge in [0.2, 0.25) is 6.10 Å². The molecule has 2 nitrogen and oxygen atoms in total. The van der Waals surface area contributed by atoms with Gasteiger partial charge < -0.3 is 9.47 Å². The highest BCUT2D eigenvalue weighted by molar-refractivity contribution is 6.37. The molecule has 1 atom stereocenters. The Hall–Kier alpha value is -1.56. The Bertz CT molecular complexity index is 863. The third kappa shape index (κ3) is 3.68. The van der Waals surface area contributed by atoms with Crippen molar-refractivity contribution in [2.75, 3.05) is 0 Å². The molecule has 1 unspecified atom stereocenters. The average molecular weight is 410 g/mol. The number of halogens is 6. The number of hydrogen-bond donors (Lipinski definition) is 0. The zero-order chi connectivity index (χ0) is 18.4. The fraction of sp³-hybridized carbons (Fsp3) is 0.176. The Balaban J connectivity index is 2.05. The van der Waals surface area contributed by atoms with Crippen LogP contribution in [0.2, 0.25) is 15.1 Å². The Morgan fingerprint density at radius 1 is 1.04 bits per heavy atom. The van der Waals surface area contributed by atoms with Crippen molar-refractivity contribution in [3.05, 3.63) is 56.5 Å². The lowest BCUT2D eigenvalue weighted by Crippen LogP contribution is -2.34. The molecule has 1 aliphatic heterocycles. The summed E-state index contributed by atoms with van der Waals surface area (Å²) in [4.78, 5) is 0. The summed E-state index contributed by atoms with van der Waals surface area (Å²) in [5, 5.41) is 0.425. The molecule has 1 heterocycles. The standard InChI is InChI=1S/C17H10Cl3F3O2/c1-8-2-4-13(10(18)6-8)24-15-9-3-5-14(17(21,22)23)25-16(9)12(20)7-11(15)19/h2-7,14H,1H3. The number of benzene rings is 2. The minimum Gasteiger partial charge on any atom is -0.474 e. The number of aryl methyl sites for hydroxylation is 1. The number of rotatable bonds is 2. The molecule has 0 saturated carbocycles. The van der Waals surface area contributed by atoms with E-state index in [0.717, 1.165) is 11.6 Å². The van der Waals surface area contributed by atoms with E-state index in [0.29, 0.717) is 10.8 Å². The van der Waals surface area contributed by atoms with Crippen LogP contribution in [-0.4, -0.2) is 12.3 Å². The van der Waals surface area contributed by atoms with Crippen LogP contribution in [0.3, 0.4) is 0 Å². The molecule has 0 fully saturated rings. The first-order valence-corrected chi connectivity index (χ1v) is 8.18. The normalized spacial score (nSPS) is 16.4. The van der Waals surface area contributed by atoms with Crippen molar-refractivity contribution in [3.63, 3.8) is 0 Å². The molecule has 2 aromatic rings. The third-order valence-electron chi connectivity index (χ3n) is 3.48. The highest BCUT2D eigenvalue weighted by atomic mass is 35.5. The van der Waals surface area contributed by atoms with Gasteiger partial charge >= 0.3 is 6.18 Å². The summed E-state index contributed by atoms with van der Waals surface area (Å²) >= 11 is 18.3. The summed E-state index contributed by atoms with van der Waals surface area (Å²) in [6.45, 7) is 1.86. The zero-order valence-electron chi connectivity index (χ0n) is 12.6. The Labute approximate surface area is 156 Å². The molecule has 2 aromatic carbocycles. The minimum absolute atomic E-state index is 0.0408. The maximum atomic E-state index is 12.9. The highest BCUT2D eigenvalue weighted by Gasteiger charge is 2.42. The van der Waals surface area contributed by atoms with Crippen LogP contribution in [0.25, 0.3) is 6.08 Å². The molecular formula is C17H10Cl3F3O2. The van der Waals surface area contributed by atoms with Gasteiger partial charge in [-0.1, -0.05) is 40.9 Å². The van der Waals surface area contributed by atoms with Gasteiger partial charge in [-0.15, -0.1) is 0 Å². The van der Waals surface area contributed by atoms with Gasteiger partial charge in [-0.3, -0.25) is 0 Å². The van der Waals surface area contributed by atoms with E-state index in [4.69, 9.17) is 44.3 Å². The van der Waals surface area contributed by atoms with Gasteiger partial charge in [0.05, 0.1) is 20.6 Å². The van der Waals surface area contributed by atoms with Crippen LogP contribution in [0.1, 0.15) is 11.1 Å². The molecule has 0 radical (unpaired) electrons. The van der Waals surface area contributed by atoms with Crippen molar-refractivity contribution >= 4 is 40.9 Å². The predicted octanol–water partition coefficient (Wildman–Crippen LogP) is 7.08. The van der Waals surface area contributed by atoms with E-state index in [-0.39, 0.29) is 27.1 Å². The topological polar surface area (TPSA) is 18.5 Å². The monoisotopic (exact) mass is 408 g/mol. The SMILES string of the molecule is Cc1ccc(Oc2c(Cl)cc(Cl)c3c2C=CC(C(F)(F)F)O3)c(Cl)c1. The van der Waals surface area contributed by atoms with E-state index in [2.05, 4.69) is 0 Å². The quantitative estimate of drug-likeness (QED) is 0.527. The summed E-state index contributed by atoms with van der Waals surface area (Å²) in [7, 11) is 0. The lowest BCUT2D eigenvalue weighted by Gasteiger charge is -2.26. The van der Waals surface area contributed by atoms with E-state index >= 15 is 0 Å². The molecule has 0 N–H and O–H groups in total. The van der Waals surface area contributed by atoms with Gasteiger partial charge in [-0.05, 0) is 42.8 Å². The number of alkyl halides is 3. The summed E-state index contributed by atoms with van der Waals surface area (Å²) in [6, 6.07) is 6.38. The van der Waals surface area contributed by atoms with E-state index in [9.17, 15) is 13.2 Å². The van der Waals surface area contributed by atoms with Crippen LogP contribution >= 0.6 is 34.8 Å². The maximum Gasteiger partial charge on any atom is 0.429 e. The first kappa shape index (κ1) is 18.2. The maximum absolute atomic E-state index is 12.9. The summed E-state index contributed by atoms with van der Waals surface area (Å²) in [6.07, 6.45) is -4.54. The minimum atomic E-state index is -4.56. The van der Waals surface area contributed by atoms with Gasteiger partial charge in [0.1, 0.15) is 11.5 Å². The Morgan fingerprint density at radius 2 is 1.76 bits per heavy atom. The molecule has 0 saturated heterocycles. The summed E-state index contributed by atoms with van der Waals surface area (Å²) in [5.74, 6) is 0.280.